The van der Waals surface area contributed by atoms with Crippen LogP contribution < -0.4 is 0 Å². The zero-order chi connectivity index (χ0) is 11.8. The molecule has 0 saturated heterocycles. The number of methoxy groups -OCH3 is 1. The average molecular weight is 218 g/mol. The fourth-order valence-electron chi connectivity index (χ4n) is 1.66. The molecule has 0 radical (unpaired) electrons. The van der Waals surface area contributed by atoms with Crippen molar-refractivity contribution in [3.05, 3.63) is 60.2 Å². The summed E-state index contributed by atoms with van der Waals surface area (Å²) in [5.41, 5.74) is 2.21. The highest BCUT2D eigenvalue weighted by atomic mass is 16.5. The van der Waals surface area contributed by atoms with E-state index in [1.54, 1.807) is 13.2 Å². The van der Waals surface area contributed by atoms with E-state index in [1.807, 2.05) is 36.4 Å². The molecule has 1 aromatic carbocycles. The minimum absolute atomic E-state index is 0.00403. The summed E-state index contributed by atoms with van der Waals surface area (Å²) in [4.78, 5) is 0. The molecule has 0 aliphatic heterocycles. The van der Waals surface area contributed by atoms with Gasteiger partial charge in [0.25, 0.3) is 0 Å². The first kappa shape index (κ1) is 12.7. The van der Waals surface area contributed by atoms with Gasteiger partial charge < -0.3 is 9.84 Å². The predicted octanol–water partition coefficient (Wildman–Crippen LogP) is 2.65. The summed E-state index contributed by atoms with van der Waals surface area (Å²) in [6.07, 6.45) is 5.51. The summed E-state index contributed by atoms with van der Waals surface area (Å²) < 4.78 is 5.14. The molecule has 0 spiro atoms. The first-order valence-electron chi connectivity index (χ1n) is 5.30. The van der Waals surface area contributed by atoms with Gasteiger partial charge in [0.2, 0.25) is 0 Å². The van der Waals surface area contributed by atoms with Crippen LogP contribution in [0.3, 0.4) is 0 Å². The van der Waals surface area contributed by atoms with Crippen LogP contribution in [0.15, 0.2) is 49.1 Å². The second-order valence-electron chi connectivity index (χ2n) is 3.54. The number of aliphatic hydroxyl groups is 1. The summed E-state index contributed by atoms with van der Waals surface area (Å²) in [5, 5.41) is 9.37. The van der Waals surface area contributed by atoms with Gasteiger partial charge in [0.15, 0.2) is 0 Å². The molecule has 1 aromatic rings. The molecule has 0 amide bonds. The van der Waals surface area contributed by atoms with Crippen LogP contribution in [0.4, 0.5) is 0 Å². The molecule has 1 atom stereocenters. The third-order valence-corrected chi connectivity index (χ3v) is 2.43. The van der Waals surface area contributed by atoms with Gasteiger partial charge in [0.1, 0.15) is 0 Å². The second kappa shape index (κ2) is 6.99. The van der Waals surface area contributed by atoms with Gasteiger partial charge in [-0.25, -0.2) is 0 Å². The first-order valence-corrected chi connectivity index (χ1v) is 5.30. The SMILES string of the molecule is C=CC=CC(CO)c1ccccc1COC. The highest BCUT2D eigenvalue weighted by Gasteiger charge is 2.10. The molecule has 0 bridgehead atoms. The highest BCUT2D eigenvalue weighted by Crippen LogP contribution is 2.21. The number of rotatable bonds is 6. The molecule has 2 nitrogen and oxygen atoms in total. The summed E-state index contributed by atoms with van der Waals surface area (Å²) in [5.74, 6) is 0.00403. The van der Waals surface area contributed by atoms with E-state index in [0.717, 1.165) is 11.1 Å². The lowest BCUT2D eigenvalue weighted by atomic mass is 9.94. The van der Waals surface area contributed by atoms with Crippen molar-refractivity contribution < 1.29 is 9.84 Å². The normalized spacial score (nSPS) is 12.9. The topological polar surface area (TPSA) is 29.5 Å². The van der Waals surface area contributed by atoms with Crippen molar-refractivity contribution in [2.45, 2.75) is 12.5 Å². The van der Waals surface area contributed by atoms with Crippen LogP contribution in [0.25, 0.3) is 0 Å². The molecule has 0 aromatic heterocycles. The summed E-state index contributed by atoms with van der Waals surface area (Å²) in [6.45, 7) is 4.28. The van der Waals surface area contributed by atoms with Gasteiger partial charge in [-0.2, -0.15) is 0 Å². The lowest BCUT2D eigenvalue weighted by Crippen LogP contribution is -2.05. The van der Waals surface area contributed by atoms with E-state index in [1.165, 1.54) is 0 Å². The molecule has 16 heavy (non-hydrogen) atoms. The van der Waals surface area contributed by atoms with Crippen molar-refractivity contribution in [3.63, 3.8) is 0 Å². The highest BCUT2D eigenvalue weighted by molar-refractivity contribution is 5.33. The Labute approximate surface area is 96.9 Å². The standard InChI is InChI=1S/C14H18O2/c1-3-4-7-12(10-15)14-9-6-5-8-13(14)11-16-2/h3-9,12,15H,1,10-11H2,2H3. The number of aliphatic hydroxyl groups excluding tert-OH is 1. The Hall–Kier alpha value is -1.38. The molecule has 0 aliphatic rings. The van der Waals surface area contributed by atoms with Crippen LogP contribution >= 0.6 is 0 Å². The average Bonchev–Trinajstić information content (AvgIpc) is 2.32. The Balaban J connectivity index is 2.98. The van der Waals surface area contributed by atoms with Crippen molar-refractivity contribution >= 4 is 0 Å². The molecular weight excluding hydrogens is 200 g/mol. The fourth-order valence-corrected chi connectivity index (χ4v) is 1.66. The van der Waals surface area contributed by atoms with Crippen LogP contribution in [0.1, 0.15) is 17.0 Å². The zero-order valence-corrected chi connectivity index (χ0v) is 9.60. The number of allylic oxidation sites excluding steroid dienone is 2. The second-order valence-corrected chi connectivity index (χ2v) is 3.54. The van der Waals surface area contributed by atoms with Crippen molar-refractivity contribution in [3.8, 4) is 0 Å². The first-order chi connectivity index (χ1) is 7.83. The van der Waals surface area contributed by atoms with Gasteiger partial charge >= 0.3 is 0 Å². The van der Waals surface area contributed by atoms with Gasteiger partial charge in [0.05, 0.1) is 13.2 Å². The van der Waals surface area contributed by atoms with Crippen molar-refractivity contribution in [1.82, 2.24) is 0 Å². The minimum Gasteiger partial charge on any atom is -0.395 e. The molecule has 0 fully saturated rings. The Kier molecular flexibility index (Phi) is 5.54. The summed E-state index contributed by atoms with van der Waals surface area (Å²) in [7, 11) is 1.67. The van der Waals surface area contributed by atoms with Crippen LogP contribution in [0.5, 0.6) is 0 Å². The van der Waals surface area contributed by atoms with E-state index < -0.39 is 0 Å². The third-order valence-electron chi connectivity index (χ3n) is 2.43. The molecule has 1 rings (SSSR count). The van der Waals surface area contributed by atoms with E-state index in [0.29, 0.717) is 6.61 Å². The molecule has 2 heteroatoms. The number of ether oxygens (including phenoxy) is 1. The minimum atomic E-state index is 0.00403. The Morgan fingerprint density at radius 1 is 1.44 bits per heavy atom. The Morgan fingerprint density at radius 3 is 2.81 bits per heavy atom. The molecule has 0 aliphatic carbocycles. The summed E-state index contributed by atoms with van der Waals surface area (Å²) in [6, 6.07) is 7.98. The lowest BCUT2D eigenvalue weighted by Gasteiger charge is -2.14. The summed E-state index contributed by atoms with van der Waals surface area (Å²) >= 11 is 0. The molecule has 86 valence electrons. The van der Waals surface area contributed by atoms with Crippen LogP contribution in [-0.4, -0.2) is 18.8 Å². The van der Waals surface area contributed by atoms with Crippen LogP contribution in [0.2, 0.25) is 0 Å². The van der Waals surface area contributed by atoms with E-state index in [-0.39, 0.29) is 12.5 Å². The van der Waals surface area contributed by atoms with Gasteiger partial charge in [-0.15, -0.1) is 0 Å². The number of benzene rings is 1. The zero-order valence-electron chi connectivity index (χ0n) is 9.60. The molecule has 1 unspecified atom stereocenters. The van der Waals surface area contributed by atoms with E-state index >= 15 is 0 Å². The fraction of sp³-hybridized carbons (Fsp3) is 0.286. The Morgan fingerprint density at radius 2 is 2.19 bits per heavy atom. The van der Waals surface area contributed by atoms with E-state index in [2.05, 4.69) is 6.58 Å². The molecule has 1 N–H and O–H groups in total. The van der Waals surface area contributed by atoms with E-state index in [9.17, 15) is 5.11 Å². The van der Waals surface area contributed by atoms with Crippen molar-refractivity contribution in [2.75, 3.05) is 13.7 Å². The van der Waals surface area contributed by atoms with Gasteiger partial charge in [-0.05, 0) is 11.1 Å². The van der Waals surface area contributed by atoms with Gasteiger partial charge in [-0.1, -0.05) is 49.1 Å². The lowest BCUT2D eigenvalue weighted by molar-refractivity contribution is 0.183. The monoisotopic (exact) mass is 218 g/mol. The van der Waals surface area contributed by atoms with Crippen molar-refractivity contribution in [2.24, 2.45) is 0 Å². The van der Waals surface area contributed by atoms with Crippen LogP contribution in [-0.2, 0) is 11.3 Å². The van der Waals surface area contributed by atoms with Gasteiger partial charge in [0, 0.05) is 13.0 Å². The maximum atomic E-state index is 9.37. The Bertz CT molecular complexity index is 356. The smallest absolute Gasteiger partial charge is 0.0715 e. The largest absolute Gasteiger partial charge is 0.395 e. The van der Waals surface area contributed by atoms with Crippen molar-refractivity contribution in [1.29, 1.82) is 0 Å². The molecule has 0 heterocycles. The quantitative estimate of drug-likeness (QED) is 0.744. The number of hydrogen-bond acceptors (Lipinski definition) is 2. The maximum absolute atomic E-state index is 9.37. The molecular formula is C14H18O2. The van der Waals surface area contributed by atoms with Crippen LogP contribution in [0, 0.1) is 0 Å². The van der Waals surface area contributed by atoms with E-state index in [4.69, 9.17) is 4.74 Å². The predicted molar refractivity (Wildman–Crippen MR) is 66.3 cm³/mol. The number of hydrogen-bond donors (Lipinski definition) is 1. The van der Waals surface area contributed by atoms with Gasteiger partial charge in [-0.3, -0.25) is 0 Å². The third kappa shape index (κ3) is 3.33. The maximum Gasteiger partial charge on any atom is 0.0715 e. The molecule has 0 saturated carbocycles.